The summed E-state index contributed by atoms with van der Waals surface area (Å²) in [5.41, 5.74) is 2.88. The van der Waals surface area contributed by atoms with Crippen LogP contribution in [0.15, 0.2) is 67.1 Å². The van der Waals surface area contributed by atoms with Gasteiger partial charge in [-0.05, 0) is 41.8 Å². The van der Waals surface area contributed by atoms with Crippen LogP contribution in [-0.4, -0.2) is 100 Å². The smallest absolute Gasteiger partial charge is 0.270 e. The second-order valence-electron chi connectivity index (χ2n) is 12.1. The highest BCUT2D eigenvalue weighted by atomic mass is 19.1. The molecule has 2 aliphatic rings. The van der Waals surface area contributed by atoms with E-state index in [0.717, 1.165) is 5.56 Å². The zero-order valence-electron chi connectivity index (χ0n) is 27.7. The maximum atomic E-state index is 16.6. The van der Waals surface area contributed by atoms with E-state index in [1.165, 1.54) is 19.4 Å². The summed E-state index contributed by atoms with van der Waals surface area (Å²) in [6.45, 7) is 2.67. The molecule has 50 heavy (non-hydrogen) atoms. The average Bonchev–Trinajstić information content (AvgIpc) is 3.85. The van der Waals surface area contributed by atoms with E-state index >= 15 is 4.39 Å². The number of carbonyl (C=O) groups is 2. The number of rotatable bonds is 9. The molecule has 0 atom stereocenters. The lowest BCUT2D eigenvalue weighted by atomic mass is 9.93. The Morgan fingerprint density at radius 2 is 1.74 bits per heavy atom. The largest absolute Gasteiger partial charge is 0.496 e. The first-order valence-electron chi connectivity index (χ1n) is 16.4. The molecule has 14 heteroatoms. The number of nitrogens with one attached hydrogen (secondary N) is 1. The van der Waals surface area contributed by atoms with E-state index in [-0.39, 0.29) is 41.7 Å². The number of piperazine rings is 1. The van der Waals surface area contributed by atoms with Gasteiger partial charge in [0.25, 0.3) is 5.91 Å². The minimum absolute atomic E-state index is 0.0583. The molecule has 0 bridgehead atoms. The average molecular weight is 683 g/mol. The Kier molecular flexibility index (Phi) is 9.15. The van der Waals surface area contributed by atoms with Gasteiger partial charge in [-0.1, -0.05) is 29.5 Å². The highest BCUT2D eigenvalue weighted by molar-refractivity contribution is 6.05. The van der Waals surface area contributed by atoms with Crippen LogP contribution in [0.4, 0.5) is 14.6 Å². The molecule has 0 radical (unpaired) electrons. The van der Waals surface area contributed by atoms with Gasteiger partial charge in [-0.2, -0.15) is 0 Å². The number of aromatic amines is 1. The minimum atomic E-state index is -0.507. The number of para-hydroxylation sites is 1. The highest BCUT2D eigenvalue weighted by Gasteiger charge is 2.29. The van der Waals surface area contributed by atoms with Crippen LogP contribution in [0.3, 0.4) is 0 Å². The molecular weight excluding hydrogens is 646 g/mol. The maximum Gasteiger partial charge on any atom is 0.270 e. The van der Waals surface area contributed by atoms with Crippen LogP contribution in [0, 0.1) is 11.6 Å². The van der Waals surface area contributed by atoms with E-state index in [2.05, 4.69) is 20.3 Å². The third-order valence-electron chi connectivity index (χ3n) is 9.26. The molecule has 0 aliphatic carbocycles. The number of carbonyl (C=O) groups excluding carboxylic acids is 2. The molecule has 1 fully saturated rings. The van der Waals surface area contributed by atoms with Crippen molar-refractivity contribution in [3.8, 4) is 22.6 Å². The molecule has 258 valence electrons. The first-order valence-corrected chi connectivity index (χ1v) is 16.4. The predicted molar refractivity (Wildman–Crippen MR) is 183 cm³/mol. The second-order valence-corrected chi connectivity index (χ2v) is 12.1. The molecule has 2 aromatic carbocycles. The van der Waals surface area contributed by atoms with E-state index in [0.29, 0.717) is 79.3 Å². The molecular formula is C36H36F2N8O4. The monoisotopic (exact) mass is 682 g/mol. The molecule has 5 aromatic rings. The Hall–Kier alpha value is -5.79. The molecule has 5 heterocycles. The zero-order chi connectivity index (χ0) is 34.8. The standard InChI is InChI=1S/C36H36F2N8O4/c1-49-30-8-4-3-7-24(30)26-20-25(23-6-5-13-45(22-23)31(47)10-14-46-15-12-40-42-46)32(38)33-27(26)21-29(41-33)36(48)44-18-16-43(17-19-44)35-34(50-2)28(37)9-11-39-35/h3-4,6-9,11-12,15,20-21,41H,5,10,13-14,16-19,22H2,1-2H3. The number of hydrogen-bond acceptors (Lipinski definition) is 8. The summed E-state index contributed by atoms with van der Waals surface area (Å²) in [6.07, 6.45) is 7.44. The predicted octanol–water partition coefficient (Wildman–Crippen LogP) is 4.79. The highest BCUT2D eigenvalue weighted by Crippen LogP contribution is 2.40. The number of pyridine rings is 1. The van der Waals surface area contributed by atoms with E-state index in [1.54, 1.807) is 46.1 Å². The fourth-order valence-corrected chi connectivity index (χ4v) is 6.69. The lowest BCUT2D eigenvalue weighted by Gasteiger charge is -2.35. The quantitative estimate of drug-likeness (QED) is 0.236. The van der Waals surface area contributed by atoms with E-state index in [1.807, 2.05) is 35.2 Å². The van der Waals surface area contributed by atoms with Gasteiger partial charge in [0.15, 0.2) is 23.2 Å². The van der Waals surface area contributed by atoms with Crippen LogP contribution >= 0.6 is 0 Å². The van der Waals surface area contributed by atoms with Gasteiger partial charge in [-0.3, -0.25) is 14.3 Å². The number of methoxy groups -OCH3 is 2. The number of nitrogens with zero attached hydrogens (tertiary/aromatic N) is 7. The van der Waals surface area contributed by atoms with Crippen molar-refractivity contribution in [1.29, 1.82) is 0 Å². The Bertz CT molecular complexity index is 2070. The molecule has 7 rings (SSSR count). The summed E-state index contributed by atoms with van der Waals surface area (Å²) in [5.74, 6) is -0.313. The summed E-state index contributed by atoms with van der Waals surface area (Å²) in [4.78, 5) is 39.7. The number of aromatic nitrogens is 5. The van der Waals surface area contributed by atoms with Gasteiger partial charge in [0.2, 0.25) is 5.91 Å². The number of aryl methyl sites for hydroxylation is 1. The number of fused-ring (bicyclic) bond motifs is 1. The van der Waals surface area contributed by atoms with Gasteiger partial charge >= 0.3 is 0 Å². The van der Waals surface area contributed by atoms with Crippen molar-refractivity contribution < 1.29 is 27.8 Å². The third kappa shape index (κ3) is 6.24. The van der Waals surface area contributed by atoms with Crippen molar-refractivity contribution in [1.82, 2.24) is 34.8 Å². The summed E-state index contributed by atoms with van der Waals surface area (Å²) in [5, 5.41) is 8.25. The van der Waals surface area contributed by atoms with Crippen molar-refractivity contribution >= 4 is 34.1 Å². The van der Waals surface area contributed by atoms with Gasteiger partial charge < -0.3 is 29.2 Å². The van der Waals surface area contributed by atoms with Gasteiger partial charge in [0.05, 0.1) is 32.5 Å². The molecule has 2 aliphatic heterocycles. The fourth-order valence-electron chi connectivity index (χ4n) is 6.69. The number of H-pyrrole nitrogens is 1. The van der Waals surface area contributed by atoms with Crippen LogP contribution in [0.1, 0.15) is 28.9 Å². The Morgan fingerprint density at radius 3 is 2.50 bits per heavy atom. The lowest BCUT2D eigenvalue weighted by Crippen LogP contribution is -2.49. The second kappa shape index (κ2) is 14.0. The van der Waals surface area contributed by atoms with Crippen LogP contribution in [0.25, 0.3) is 27.6 Å². The topological polar surface area (TPSA) is 122 Å². The van der Waals surface area contributed by atoms with Gasteiger partial charge in [-0.15, -0.1) is 5.10 Å². The number of amides is 2. The molecule has 12 nitrogen and oxygen atoms in total. The zero-order valence-corrected chi connectivity index (χ0v) is 27.7. The molecule has 0 spiro atoms. The van der Waals surface area contributed by atoms with Crippen LogP contribution < -0.4 is 14.4 Å². The Morgan fingerprint density at radius 1 is 0.920 bits per heavy atom. The van der Waals surface area contributed by atoms with E-state index < -0.39 is 11.6 Å². The van der Waals surface area contributed by atoms with Gasteiger partial charge in [-0.25, -0.2) is 13.8 Å². The summed E-state index contributed by atoms with van der Waals surface area (Å²) in [6, 6.07) is 12.2. The SMILES string of the molecule is COc1ccccc1-c1cc(C2=CCCN(C(=O)CCn3ccnn3)C2)c(F)c2[nH]c(C(=O)N3CCN(c4nccc(F)c4OC)CC3)cc12. The molecule has 0 saturated carbocycles. The summed E-state index contributed by atoms with van der Waals surface area (Å²) in [7, 11) is 2.97. The van der Waals surface area contributed by atoms with Gasteiger partial charge in [0.1, 0.15) is 11.4 Å². The third-order valence-corrected chi connectivity index (χ3v) is 9.26. The lowest BCUT2D eigenvalue weighted by molar-refractivity contribution is -0.131. The van der Waals surface area contributed by atoms with E-state index in [4.69, 9.17) is 9.47 Å². The number of ether oxygens (including phenoxy) is 2. The molecule has 2 amide bonds. The van der Waals surface area contributed by atoms with Crippen LogP contribution in [0.2, 0.25) is 0 Å². The summed E-state index contributed by atoms with van der Waals surface area (Å²) >= 11 is 0. The normalized spacial score (nSPS) is 15.0. The number of halogens is 2. The van der Waals surface area contributed by atoms with Crippen molar-refractivity contribution in [3.63, 3.8) is 0 Å². The number of anilines is 1. The molecule has 1 N–H and O–H groups in total. The first-order chi connectivity index (χ1) is 24.4. The Labute approximate surface area is 286 Å². The van der Waals surface area contributed by atoms with Crippen LogP contribution in [-0.2, 0) is 11.3 Å². The first kappa shape index (κ1) is 32.7. The summed E-state index contributed by atoms with van der Waals surface area (Å²) < 4.78 is 43.5. The van der Waals surface area contributed by atoms with Gasteiger partial charge in [0, 0.05) is 74.6 Å². The van der Waals surface area contributed by atoms with Crippen molar-refractivity contribution in [2.45, 2.75) is 19.4 Å². The van der Waals surface area contributed by atoms with E-state index in [9.17, 15) is 14.0 Å². The van der Waals surface area contributed by atoms with Crippen molar-refractivity contribution in [2.75, 3.05) is 58.4 Å². The fraction of sp³-hybridized carbons (Fsp3) is 0.306. The maximum absolute atomic E-state index is 16.6. The number of hydrogen-bond donors (Lipinski definition) is 1. The van der Waals surface area contributed by atoms with Crippen molar-refractivity contribution in [3.05, 3.63) is 90.0 Å². The van der Waals surface area contributed by atoms with Crippen LogP contribution in [0.5, 0.6) is 11.5 Å². The Balaban J connectivity index is 1.19. The minimum Gasteiger partial charge on any atom is -0.496 e. The molecule has 0 unspecified atom stereocenters. The number of benzene rings is 2. The molecule has 1 saturated heterocycles. The molecule has 3 aromatic heterocycles. The van der Waals surface area contributed by atoms with Crippen molar-refractivity contribution in [2.24, 2.45) is 0 Å².